The van der Waals surface area contributed by atoms with Crippen molar-refractivity contribution in [1.82, 2.24) is 4.98 Å². The normalized spacial score (nSPS) is 29.7. The van der Waals surface area contributed by atoms with Gasteiger partial charge in [0.1, 0.15) is 16.6 Å². The van der Waals surface area contributed by atoms with Crippen LogP contribution in [0.15, 0.2) is 29.2 Å². The quantitative estimate of drug-likeness (QED) is 0.131. The molecule has 4 atom stereocenters. The first-order chi connectivity index (χ1) is 20.5. The molecule has 12 heteroatoms. The van der Waals surface area contributed by atoms with Crippen LogP contribution in [0.5, 0.6) is 0 Å². The second-order valence-corrected chi connectivity index (χ2v) is 24.3. The first kappa shape index (κ1) is 34.1. The Balaban J connectivity index is 1.60. The average molecular weight is 786 g/mol. The van der Waals surface area contributed by atoms with E-state index in [0.29, 0.717) is 37.3 Å². The summed E-state index contributed by atoms with van der Waals surface area (Å²) in [5.41, 5.74) is 4.70. The molecule has 0 bridgehead atoms. The van der Waals surface area contributed by atoms with E-state index in [1.54, 1.807) is 0 Å². The Hall–Kier alpha value is -0.803. The van der Waals surface area contributed by atoms with Crippen LogP contribution in [0.2, 0.25) is 18.1 Å². The first-order valence-corrected chi connectivity index (χ1v) is 22.1. The molecule has 0 radical (unpaired) electrons. The van der Waals surface area contributed by atoms with Gasteiger partial charge in [-0.15, -0.1) is 0 Å². The van der Waals surface area contributed by atoms with Gasteiger partial charge in [0.05, 0.1) is 16.6 Å². The van der Waals surface area contributed by atoms with Crippen LogP contribution in [0.1, 0.15) is 118 Å². The lowest BCUT2D eigenvalue weighted by molar-refractivity contribution is -0.113. The molecule has 6 rings (SSSR count). The standard InChI is InChI=1S/C33H45F5INO3SSi/c1-20(2)29-27-28(26-23(40-29)17-32(13-8-14-32)18-24(26)43-45(6,7)31(3,4)5)33(15-16-41-19-25(33)39)42-30(27)21-9-11-22(12-10-21)44(34,35,36,37)38/h9-12,20,24-25,30H,8,13-19H2,1-7H3/t24-,25?,30+,33?/m0/s1. The predicted octanol–water partition coefficient (Wildman–Crippen LogP) is 11.6. The van der Waals surface area contributed by atoms with Crippen LogP contribution in [-0.2, 0) is 25.9 Å². The highest BCUT2D eigenvalue weighted by molar-refractivity contribution is 14.1. The molecule has 4 nitrogen and oxygen atoms in total. The molecule has 2 fully saturated rings. The summed E-state index contributed by atoms with van der Waals surface area (Å²) in [4.78, 5) is 3.49. The molecule has 1 saturated carbocycles. The van der Waals surface area contributed by atoms with E-state index in [9.17, 15) is 19.4 Å². The fraction of sp³-hybridized carbons (Fsp3) is 0.667. The number of benzene rings is 1. The first-order valence-electron chi connectivity index (χ1n) is 16.0. The lowest BCUT2D eigenvalue weighted by atomic mass is 9.58. The number of hydrogen-bond donors (Lipinski definition) is 0. The summed E-state index contributed by atoms with van der Waals surface area (Å²) in [7, 11) is -12.1. The highest BCUT2D eigenvalue weighted by Crippen LogP contribution is 3.02. The van der Waals surface area contributed by atoms with Crippen molar-refractivity contribution in [3.8, 4) is 0 Å². The summed E-state index contributed by atoms with van der Waals surface area (Å²) in [6.07, 6.45) is 4.89. The van der Waals surface area contributed by atoms with E-state index in [-0.39, 0.29) is 26.4 Å². The number of hydrogen-bond acceptors (Lipinski definition) is 4. The molecule has 2 spiro atoms. The van der Waals surface area contributed by atoms with Gasteiger partial charge in [-0.3, -0.25) is 4.98 Å². The zero-order chi connectivity index (χ0) is 33.1. The lowest BCUT2D eigenvalue weighted by Crippen LogP contribution is -2.48. The molecule has 3 heterocycles. The summed E-state index contributed by atoms with van der Waals surface area (Å²) in [5, 5.41) is -0.0162. The maximum Gasteiger partial charge on any atom is 0.310 e. The minimum Gasteiger partial charge on any atom is -0.410 e. The van der Waals surface area contributed by atoms with Crippen LogP contribution in [0.25, 0.3) is 0 Å². The number of nitrogens with zero attached hydrogens (tertiary/aromatic N) is 1. The minimum absolute atomic E-state index is 0.000736. The van der Waals surface area contributed by atoms with Crippen LogP contribution in [0.4, 0.5) is 19.4 Å². The molecule has 2 unspecified atom stereocenters. The molecule has 1 aromatic carbocycles. The molecule has 2 aliphatic heterocycles. The highest BCUT2D eigenvalue weighted by atomic mass is 127. The third kappa shape index (κ3) is 5.82. The van der Waals surface area contributed by atoms with Gasteiger partial charge in [0, 0.05) is 41.1 Å². The monoisotopic (exact) mass is 785 g/mol. The Morgan fingerprint density at radius 3 is 2.18 bits per heavy atom. The van der Waals surface area contributed by atoms with Gasteiger partial charge in [0.15, 0.2) is 8.32 Å². The number of rotatable bonds is 5. The maximum atomic E-state index is 13.7. The number of pyridine rings is 1. The second-order valence-electron chi connectivity index (χ2n) is 15.6. The van der Waals surface area contributed by atoms with Crippen molar-refractivity contribution in [3.05, 3.63) is 57.9 Å². The summed E-state index contributed by atoms with van der Waals surface area (Å²) >= 11 is 2.39. The van der Waals surface area contributed by atoms with Crippen molar-refractivity contribution in [3.63, 3.8) is 0 Å². The van der Waals surface area contributed by atoms with E-state index >= 15 is 0 Å². The number of fused-ring (bicyclic) bond motifs is 4. The van der Waals surface area contributed by atoms with Gasteiger partial charge in [0.2, 0.25) is 0 Å². The summed E-state index contributed by atoms with van der Waals surface area (Å²) < 4.78 is 88.6. The van der Waals surface area contributed by atoms with Crippen molar-refractivity contribution in [1.29, 1.82) is 0 Å². The van der Waals surface area contributed by atoms with Gasteiger partial charge >= 0.3 is 10.2 Å². The third-order valence-electron chi connectivity index (χ3n) is 11.1. The van der Waals surface area contributed by atoms with Crippen molar-refractivity contribution in [2.45, 2.75) is 124 Å². The lowest BCUT2D eigenvalue weighted by Gasteiger charge is -2.51. The molecular weight excluding hydrogens is 740 g/mol. The SMILES string of the molecule is CC(C)c1nc2c(c3c1[C@@H](c1ccc(S(F)(F)(F)(F)F)cc1)OC31CCOCC1I)[C@@H](O[Si](C)(C)C(C)(C)C)CC1(CCC1)C2. The smallest absolute Gasteiger partial charge is 0.310 e. The fourth-order valence-electron chi connectivity index (χ4n) is 7.52. The molecule has 45 heavy (non-hydrogen) atoms. The van der Waals surface area contributed by atoms with Gasteiger partial charge in [-0.2, -0.15) is 0 Å². The Bertz CT molecular complexity index is 1510. The molecular formula is C33H45F5INO3SSi. The Morgan fingerprint density at radius 1 is 1.02 bits per heavy atom. The second kappa shape index (κ2) is 10.1. The van der Waals surface area contributed by atoms with E-state index in [0.717, 1.165) is 65.9 Å². The maximum absolute atomic E-state index is 13.7. The third-order valence-corrected chi connectivity index (χ3v) is 18.1. The van der Waals surface area contributed by atoms with Crippen LogP contribution >= 0.6 is 32.8 Å². The Morgan fingerprint density at radius 2 is 1.67 bits per heavy atom. The summed E-state index contributed by atoms with van der Waals surface area (Å²) in [6, 6.07) is 3.31. The molecule has 252 valence electrons. The largest absolute Gasteiger partial charge is 0.410 e. The van der Waals surface area contributed by atoms with E-state index < -0.39 is 35.1 Å². The Kier molecular flexibility index (Phi) is 7.66. The van der Waals surface area contributed by atoms with Crippen molar-refractivity contribution in [2.24, 2.45) is 5.41 Å². The fourth-order valence-corrected chi connectivity index (χ4v) is 10.5. The van der Waals surface area contributed by atoms with E-state index in [4.69, 9.17) is 18.9 Å². The zero-order valence-corrected chi connectivity index (χ0v) is 31.1. The van der Waals surface area contributed by atoms with Crippen LogP contribution < -0.4 is 0 Å². The molecule has 2 aromatic rings. The van der Waals surface area contributed by atoms with Crippen molar-refractivity contribution >= 4 is 41.1 Å². The van der Waals surface area contributed by atoms with Crippen LogP contribution in [0, 0.1) is 5.41 Å². The predicted molar refractivity (Wildman–Crippen MR) is 180 cm³/mol. The molecule has 1 saturated heterocycles. The van der Waals surface area contributed by atoms with Gasteiger partial charge in [-0.1, -0.05) is 95.2 Å². The van der Waals surface area contributed by atoms with E-state index in [2.05, 4.69) is 70.3 Å². The summed E-state index contributed by atoms with van der Waals surface area (Å²) in [6.45, 7) is 16.3. The number of halogens is 6. The molecule has 2 aliphatic carbocycles. The van der Waals surface area contributed by atoms with Gasteiger partial charge < -0.3 is 13.9 Å². The van der Waals surface area contributed by atoms with Crippen LogP contribution in [0.3, 0.4) is 0 Å². The molecule has 4 aliphatic rings. The number of ether oxygens (including phenoxy) is 2. The zero-order valence-electron chi connectivity index (χ0n) is 27.1. The van der Waals surface area contributed by atoms with Gasteiger partial charge in [-0.05, 0) is 72.8 Å². The van der Waals surface area contributed by atoms with Crippen LogP contribution in [-0.4, -0.2) is 30.4 Å². The molecule has 1 aromatic heterocycles. The number of alkyl halides is 1. The van der Waals surface area contributed by atoms with Gasteiger partial charge in [-0.25, -0.2) is 0 Å². The molecule has 0 N–H and O–H groups in total. The number of aromatic nitrogens is 1. The van der Waals surface area contributed by atoms with Gasteiger partial charge in [0.25, 0.3) is 0 Å². The highest BCUT2D eigenvalue weighted by Gasteiger charge is 2.65. The average Bonchev–Trinajstić information content (AvgIpc) is 3.22. The summed E-state index contributed by atoms with van der Waals surface area (Å²) in [5.74, 6) is 0.000736. The minimum atomic E-state index is -9.83. The van der Waals surface area contributed by atoms with E-state index in [1.165, 1.54) is 6.42 Å². The Labute approximate surface area is 278 Å². The topological polar surface area (TPSA) is 40.6 Å². The van der Waals surface area contributed by atoms with Crippen molar-refractivity contribution in [2.75, 3.05) is 13.2 Å². The van der Waals surface area contributed by atoms with Crippen molar-refractivity contribution < 1.29 is 33.3 Å². The molecule has 0 amide bonds. The van der Waals surface area contributed by atoms with E-state index in [1.807, 2.05) is 0 Å².